The zero-order valence-corrected chi connectivity index (χ0v) is 25.2. The van der Waals surface area contributed by atoms with Gasteiger partial charge >= 0.3 is 0 Å². The van der Waals surface area contributed by atoms with Gasteiger partial charge in [0.25, 0.3) is 5.91 Å². The van der Waals surface area contributed by atoms with Crippen LogP contribution < -0.4 is 5.73 Å². The lowest BCUT2D eigenvalue weighted by Gasteiger charge is -2.27. The van der Waals surface area contributed by atoms with E-state index in [1.54, 1.807) is 12.1 Å². The van der Waals surface area contributed by atoms with Crippen molar-refractivity contribution >= 4 is 45.3 Å². The molecule has 3 aromatic carbocycles. The summed E-state index contributed by atoms with van der Waals surface area (Å²) in [7, 11) is 0. The van der Waals surface area contributed by atoms with Crippen LogP contribution in [0.1, 0.15) is 58.9 Å². The Morgan fingerprint density at radius 1 is 0.977 bits per heavy atom. The van der Waals surface area contributed by atoms with Crippen molar-refractivity contribution in [2.45, 2.75) is 52.1 Å². The van der Waals surface area contributed by atoms with Crippen molar-refractivity contribution in [3.8, 4) is 22.6 Å². The number of fused-ring (bicyclic) bond motifs is 4. The molecular weight excluding hydrogens is 558 g/mol. The minimum atomic E-state index is -0.537. The Labute approximate surface area is 255 Å². The molecule has 2 bridgehead atoms. The second-order valence-electron chi connectivity index (χ2n) is 12.9. The molecule has 3 heterocycles. The first-order valence-corrected chi connectivity index (χ1v) is 15.7. The molecular formula is C36H34ClN3O3. The van der Waals surface area contributed by atoms with Gasteiger partial charge in [-0.1, -0.05) is 42.8 Å². The van der Waals surface area contributed by atoms with Crippen LogP contribution in [0.2, 0.25) is 5.02 Å². The van der Waals surface area contributed by atoms with Gasteiger partial charge in [0.1, 0.15) is 5.58 Å². The molecule has 2 aliphatic carbocycles. The van der Waals surface area contributed by atoms with E-state index in [0.717, 1.165) is 69.5 Å². The lowest BCUT2D eigenvalue weighted by molar-refractivity contribution is 0.0696. The smallest absolute Gasteiger partial charge is 0.254 e. The Morgan fingerprint density at radius 3 is 2.47 bits per heavy atom. The van der Waals surface area contributed by atoms with Crippen molar-refractivity contribution in [3.05, 3.63) is 82.4 Å². The maximum absolute atomic E-state index is 13.6. The molecule has 1 saturated heterocycles. The van der Waals surface area contributed by atoms with Gasteiger partial charge in [-0.2, -0.15) is 0 Å². The predicted octanol–water partition coefficient (Wildman–Crippen LogP) is 8.06. The van der Waals surface area contributed by atoms with Crippen molar-refractivity contribution in [2.24, 2.45) is 23.5 Å². The van der Waals surface area contributed by atoms with Gasteiger partial charge in [-0.3, -0.25) is 9.59 Å². The summed E-state index contributed by atoms with van der Waals surface area (Å²) in [6, 6.07) is 20.3. The summed E-state index contributed by atoms with van der Waals surface area (Å²) < 4.78 is 8.99. The van der Waals surface area contributed by atoms with E-state index >= 15 is 0 Å². The zero-order valence-electron chi connectivity index (χ0n) is 24.4. The minimum Gasteiger partial charge on any atom is -0.454 e. The summed E-state index contributed by atoms with van der Waals surface area (Å²) in [5.41, 5.74) is 12.4. The minimum absolute atomic E-state index is 0.121. The fraction of sp³-hybridized carbons (Fsp3) is 0.333. The number of nitrogens with zero attached hydrogens (tertiary/aromatic N) is 2. The van der Waals surface area contributed by atoms with Crippen LogP contribution in [0.4, 0.5) is 0 Å². The Morgan fingerprint density at radius 2 is 1.77 bits per heavy atom. The third-order valence-corrected chi connectivity index (χ3v) is 10.6. The first kappa shape index (κ1) is 26.6. The number of piperidine rings is 1. The maximum atomic E-state index is 13.6. The van der Waals surface area contributed by atoms with Crippen LogP contribution in [-0.2, 0) is 6.54 Å². The Hall–Kier alpha value is -4.03. The number of carbonyl (C=O) groups is 2. The third kappa shape index (κ3) is 4.29. The van der Waals surface area contributed by atoms with Crippen molar-refractivity contribution in [1.82, 2.24) is 9.47 Å². The summed E-state index contributed by atoms with van der Waals surface area (Å²) in [6.45, 7) is 6.19. The Bertz CT molecular complexity index is 1970. The molecule has 2 amide bonds. The fourth-order valence-electron chi connectivity index (χ4n) is 7.58. The number of likely N-dealkylation sites (tertiary alicyclic amines) is 1. The highest BCUT2D eigenvalue weighted by molar-refractivity contribution is 6.34. The van der Waals surface area contributed by atoms with Crippen LogP contribution in [0.3, 0.4) is 0 Å². The van der Waals surface area contributed by atoms with Crippen molar-refractivity contribution < 1.29 is 14.0 Å². The SMILES string of the molecule is Cc1c(-c2cc3ccc(-c4ccc(C(N)=O)c(Cl)c4)cc3n2CC2CC2)oc2cc(C(=O)N3CC4CCC3C4C)ccc12. The number of hydrogen-bond acceptors (Lipinski definition) is 3. The molecule has 7 heteroatoms. The average molecular weight is 592 g/mol. The standard InChI is InChI=1S/C36H34ClN3O3/c1-19-26-9-12-30(19)40(18-26)36(42)25-8-10-27-20(2)34(43-33(27)16-25)32-15-24-6-5-23(14-31(24)39(32)17-21-3-4-21)22-7-11-28(35(38)41)29(37)13-22/h5-8,10-11,13-16,19,21,26,30H,3-4,9,12,17-18H2,1-2H3,(H2,38,41). The number of primary amides is 1. The van der Waals surface area contributed by atoms with Crippen LogP contribution in [0.15, 0.2) is 65.1 Å². The molecule has 3 fully saturated rings. The van der Waals surface area contributed by atoms with E-state index in [1.165, 1.54) is 19.3 Å². The first-order valence-electron chi connectivity index (χ1n) is 15.3. The largest absolute Gasteiger partial charge is 0.454 e. The average Bonchev–Trinajstić information content (AvgIpc) is 3.41. The lowest BCUT2D eigenvalue weighted by atomic mass is 10.0. The van der Waals surface area contributed by atoms with Crippen LogP contribution in [-0.4, -0.2) is 33.9 Å². The second-order valence-corrected chi connectivity index (χ2v) is 13.3. The van der Waals surface area contributed by atoms with Gasteiger partial charge in [-0.25, -0.2) is 0 Å². The van der Waals surface area contributed by atoms with Crippen LogP contribution >= 0.6 is 11.6 Å². The van der Waals surface area contributed by atoms with Crippen LogP contribution in [0, 0.1) is 24.7 Å². The summed E-state index contributed by atoms with van der Waals surface area (Å²) in [6.07, 6.45) is 4.80. The number of halogens is 1. The Balaban J connectivity index is 1.19. The molecule has 2 N–H and O–H groups in total. The molecule has 3 aliphatic rings. The van der Waals surface area contributed by atoms with Gasteiger partial charge in [0.05, 0.1) is 16.3 Å². The molecule has 5 aromatic rings. The highest BCUT2D eigenvalue weighted by atomic mass is 35.5. The number of amides is 2. The molecule has 218 valence electrons. The highest BCUT2D eigenvalue weighted by Gasteiger charge is 2.46. The van der Waals surface area contributed by atoms with Crippen molar-refractivity contribution in [2.75, 3.05) is 6.54 Å². The van der Waals surface area contributed by atoms with Crippen molar-refractivity contribution in [3.63, 3.8) is 0 Å². The zero-order chi connectivity index (χ0) is 29.6. The normalized spacial score (nSPS) is 21.4. The number of hydrogen-bond donors (Lipinski definition) is 1. The van der Waals surface area contributed by atoms with Gasteiger partial charge < -0.3 is 19.6 Å². The summed E-state index contributed by atoms with van der Waals surface area (Å²) >= 11 is 6.39. The molecule has 0 spiro atoms. The van der Waals surface area contributed by atoms with Crippen LogP contribution in [0.5, 0.6) is 0 Å². The van der Waals surface area contributed by atoms with E-state index < -0.39 is 5.91 Å². The van der Waals surface area contributed by atoms with E-state index in [4.69, 9.17) is 21.8 Å². The predicted molar refractivity (Wildman–Crippen MR) is 170 cm³/mol. The lowest BCUT2D eigenvalue weighted by Crippen LogP contribution is -2.38. The van der Waals surface area contributed by atoms with Crippen LogP contribution in [0.25, 0.3) is 44.5 Å². The molecule has 43 heavy (non-hydrogen) atoms. The Kier molecular flexibility index (Phi) is 6.03. The monoisotopic (exact) mass is 591 g/mol. The van der Waals surface area contributed by atoms with Crippen molar-refractivity contribution in [1.29, 1.82) is 0 Å². The first-order chi connectivity index (χ1) is 20.8. The van der Waals surface area contributed by atoms with E-state index in [9.17, 15) is 9.59 Å². The molecule has 3 atom stereocenters. The number of nitrogens with two attached hydrogens (primary N) is 1. The molecule has 0 radical (unpaired) electrons. The number of aromatic nitrogens is 1. The fourth-order valence-corrected chi connectivity index (χ4v) is 7.86. The van der Waals surface area contributed by atoms with E-state index in [-0.39, 0.29) is 5.91 Å². The molecule has 2 saturated carbocycles. The van der Waals surface area contributed by atoms with E-state index in [0.29, 0.717) is 39.9 Å². The number of furan rings is 1. The summed E-state index contributed by atoms with van der Waals surface area (Å²) in [4.78, 5) is 27.3. The third-order valence-electron chi connectivity index (χ3n) is 10.3. The van der Waals surface area contributed by atoms with Gasteiger partial charge in [0.2, 0.25) is 5.91 Å². The quantitative estimate of drug-likeness (QED) is 0.217. The number of rotatable bonds is 6. The summed E-state index contributed by atoms with van der Waals surface area (Å²) in [5, 5.41) is 2.52. The number of carbonyl (C=O) groups excluding carboxylic acids is 2. The van der Waals surface area contributed by atoms with Gasteiger partial charge in [0, 0.05) is 46.5 Å². The number of aryl methyl sites for hydroxylation is 1. The molecule has 8 rings (SSSR count). The van der Waals surface area contributed by atoms with Gasteiger partial charge in [-0.15, -0.1) is 0 Å². The molecule has 2 aromatic heterocycles. The summed E-state index contributed by atoms with van der Waals surface area (Å²) in [5.74, 6) is 2.30. The van der Waals surface area contributed by atoms with E-state index in [2.05, 4.69) is 47.6 Å². The number of benzene rings is 3. The molecule has 1 aliphatic heterocycles. The second kappa shape index (κ2) is 9.75. The topological polar surface area (TPSA) is 81.5 Å². The maximum Gasteiger partial charge on any atom is 0.254 e. The van der Waals surface area contributed by atoms with E-state index in [1.807, 2.05) is 24.3 Å². The van der Waals surface area contributed by atoms with Gasteiger partial charge in [0.15, 0.2) is 5.76 Å². The molecule has 3 unspecified atom stereocenters. The van der Waals surface area contributed by atoms with Gasteiger partial charge in [-0.05, 0) is 97.9 Å². The molecule has 6 nitrogen and oxygen atoms in total. The highest BCUT2D eigenvalue weighted by Crippen LogP contribution is 2.44.